The summed E-state index contributed by atoms with van der Waals surface area (Å²) in [6.07, 6.45) is -1.97. The summed E-state index contributed by atoms with van der Waals surface area (Å²) in [6.45, 7) is 1.10. The van der Waals surface area contributed by atoms with E-state index in [0.29, 0.717) is 0 Å². The van der Waals surface area contributed by atoms with Crippen molar-refractivity contribution in [2.24, 2.45) is 0 Å². The maximum atomic E-state index is 10.7. The van der Waals surface area contributed by atoms with Gasteiger partial charge in [-0.1, -0.05) is 6.92 Å². The van der Waals surface area contributed by atoms with Crippen molar-refractivity contribution < 1.29 is 70.5 Å². The average molecular weight is 238 g/mol. The third kappa shape index (κ3) is 4.50. The maximum absolute atomic E-state index is 10.7. The monoisotopic (exact) mass is 238 g/mol. The Bertz CT molecular complexity index is 352. The van der Waals surface area contributed by atoms with E-state index in [0.717, 1.165) is 6.92 Å². The molecule has 16 heavy (non-hydrogen) atoms. The van der Waals surface area contributed by atoms with E-state index >= 15 is 0 Å². The minimum absolute atomic E-state index is 0. The van der Waals surface area contributed by atoms with Crippen LogP contribution in [-0.2, 0) is 19.7 Å². The van der Waals surface area contributed by atoms with Crippen molar-refractivity contribution in [2.45, 2.75) is 24.5 Å². The molecule has 0 rings (SSSR count). The van der Waals surface area contributed by atoms with E-state index in [2.05, 4.69) is 0 Å². The van der Waals surface area contributed by atoms with Crippen molar-refractivity contribution in [3.63, 3.8) is 0 Å². The van der Waals surface area contributed by atoms with Gasteiger partial charge in [0.2, 0.25) is 0 Å². The molecule has 1 atom stereocenters. The fourth-order valence-corrected chi connectivity index (χ4v) is 1.83. The summed E-state index contributed by atoms with van der Waals surface area (Å²) < 4.78 is 27.2. The van der Waals surface area contributed by atoms with E-state index in [4.69, 9.17) is 4.55 Å². The number of carbonyl (C=O) groups is 2. The molecule has 0 saturated heterocycles. The van der Waals surface area contributed by atoms with Gasteiger partial charge in [0.25, 0.3) is 10.1 Å². The van der Waals surface area contributed by atoms with Gasteiger partial charge in [-0.25, -0.2) is 0 Å². The van der Waals surface area contributed by atoms with E-state index in [1.165, 1.54) is 0 Å². The topological polar surface area (TPSA) is 135 Å². The smallest absolute Gasteiger partial charge is 0.550 e. The van der Waals surface area contributed by atoms with Gasteiger partial charge in [-0.3, -0.25) is 4.55 Å². The van der Waals surface area contributed by atoms with Gasteiger partial charge in [0, 0.05) is 12.4 Å². The molecule has 0 aliphatic carbocycles. The quantitative estimate of drug-likeness (QED) is 0.371. The molecule has 1 unspecified atom stereocenters. The summed E-state index contributed by atoms with van der Waals surface area (Å²) in [5.74, 6) is -4.06. The van der Waals surface area contributed by atoms with E-state index in [-0.39, 0.29) is 37.7 Å². The van der Waals surface area contributed by atoms with Crippen LogP contribution in [0.15, 0.2) is 0 Å². The number of rotatable bonds is 5. The summed E-state index contributed by atoms with van der Waals surface area (Å²) in [7, 11) is -5.05. The first-order chi connectivity index (χ1) is 6.17. The molecule has 10 heteroatoms. The largest absolute Gasteiger partial charge is 1.00 e. The molecule has 0 aliphatic rings. The first-order valence-corrected chi connectivity index (χ1v) is 4.99. The van der Waals surface area contributed by atoms with Crippen molar-refractivity contribution >= 4 is 22.1 Å². The molecule has 0 saturated carbocycles. The Balaban J connectivity index is -0.000000845. The first-order valence-electron chi connectivity index (χ1n) is 3.55. The molecule has 0 heterocycles. The van der Waals surface area contributed by atoms with Crippen LogP contribution in [0.5, 0.6) is 0 Å². The van der Waals surface area contributed by atoms with E-state index < -0.39 is 39.6 Å². The molecule has 0 amide bonds. The number of carboxylic acids is 2. The minimum Gasteiger partial charge on any atom is -0.550 e. The fraction of sp³-hybridized carbons (Fsp3) is 0.667. The first kappa shape index (κ1) is 21.3. The maximum Gasteiger partial charge on any atom is 1.00 e. The van der Waals surface area contributed by atoms with Gasteiger partial charge in [0.15, 0.2) is 0 Å². The molecule has 0 spiro atoms. The van der Waals surface area contributed by atoms with Crippen LogP contribution in [0.1, 0.15) is 19.8 Å². The number of hydrogen-bond acceptors (Lipinski definition) is 6. The van der Waals surface area contributed by atoms with Gasteiger partial charge in [-0.2, -0.15) is 8.42 Å². The predicted molar refractivity (Wildman–Crippen MR) is 39.2 cm³/mol. The third-order valence-corrected chi connectivity index (χ3v) is 3.45. The molecule has 1 N–H and O–H groups in total. The number of hydrogen-bond donors (Lipinski definition) is 1. The van der Waals surface area contributed by atoms with E-state index in [1.807, 2.05) is 0 Å². The van der Waals surface area contributed by atoms with Crippen LogP contribution in [0, 0.1) is 0 Å². The molecule has 0 radical (unpaired) electrons. The molecule has 0 aromatic rings. The van der Waals surface area contributed by atoms with Crippen molar-refractivity contribution in [1.82, 2.24) is 0 Å². The van der Waals surface area contributed by atoms with Crippen LogP contribution < -0.4 is 47.9 Å². The van der Waals surface area contributed by atoms with Crippen LogP contribution in [-0.4, -0.2) is 29.7 Å². The van der Waals surface area contributed by atoms with Gasteiger partial charge in [0.1, 0.15) is 4.75 Å². The normalized spacial score (nSPS) is 13.9. The van der Waals surface area contributed by atoms with Gasteiger partial charge >= 0.3 is 37.7 Å². The molecule has 0 aromatic heterocycles. The molecule has 0 aromatic carbocycles. The number of carbonyl (C=O) groups excluding carboxylic acids is 2. The van der Waals surface area contributed by atoms with Gasteiger partial charge in [-0.05, 0) is 6.42 Å². The Morgan fingerprint density at radius 3 is 1.69 bits per heavy atom. The molecule has 0 aliphatic heterocycles. The zero-order chi connectivity index (χ0) is 11.6. The van der Waals surface area contributed by atoms with Crippen LogP contribution in [0.25, 0.3) is 0 Å². The molecule has 82 valence electrons. The molecule has 0 bridgehead atoms. The van der Waals surface area contributed by atoms with Crippen molar-refractivity contribution in [2.75, 3.05) is 0 Å². The van der Waals surface area contributed by atoms with Crippen molar-refractivity contribution in [3.05, 3.63) is 0 Å². The predicted octanol–water partition coefficient (Wildman–Crippen LogP) is -9.08. The second-order valence-corrected chi connectivity index (χ2v) is 4.39. The average Bonchev–Trinajstić information content (AvgIpc) is 1.96. The standard InChI is InChI=1S/C6H10O7S.2Li/c1-2-6(5(9)10,3-4(7)8)14(11,12)13;;/h2-3H2,1H3,(H,7,8)(H,9,10)(H,11,12,13);;/q;2*+1/p-2. The third-order valence-electron chi connectivity index (χ3n) is 1.87. The van der Waals surface area contributed by atoms with E-state index in [9.17, 15) is 28.2 Å². The summed E-state index contributed by atoms with van der Waals surface area (Å²) >= 11 is 0. The fourth-order valence-electron chi connectivity index (χ4n) is 0.954. The van der Waals surface area contributed by atoms with Crippen LogP contribution in [0.3, 0.4) is 0 Å². The number of aliphatic carboxylic acids is 2. The molecule has 7 nitrogen and oxygen atoms in total. The zero-order valence-electron chi connectivity index (χ0n) is 9.22. The minimum atomic E-state index is -5.05. The van der Waals surface area contributed by atoms with Gasteiger partial charge in [0.05, 0.1) is 5.97 Å². The number of carboxylic acid groups (broad SMARTS) is 2. The zero-order valence-corrected chi connectivity index (χ0v) is 10.0. The second kappa shape index (κ2) is 7.39. The van der Waals surface area contributed by atoms with Crippen LogP contribution in [0.2, 0.25) is 0 Å². The molecule has 0 fully saturated rings. The Morgan fingerprint density at radius 2 is 1.62 bits per heavy atom. The van der Waals surface area contributed by atoms with Crippen molar-refractivity contribution in [1.29, 1.82) is 0 Å². The summed E-state index contributed by atoms with van der Waals surface area (Å²) in [6, 6.07) is 0. The van der Waals surface area contributed by atoms with Crippen molar-refractivity contribution in [3.8, 4) is 0 Å². The summed E-state index contributed by atoms with van der Waals surface area (Å²) in [4.78, 5) is 20.6. The van der Waals surface area contributed by atoms with Crippen LogP contribution in [0.4, 0.5) is 0 Å². The summed E-state index contributed by atoms with van der Waals surface area (Å²) in [5, 5.41) is 20.6. The van der Waals surface area contributed by atoms with Gasteiger partial charge in [-0.15, -0.1) is 0 Å². The summed E-state index contributed by atoms with van der Waals surface area (Å²) in [5.41, 5.74) is 0. The Hall–Kier alpha value is 0.0448. The Morgan fingerprint density at radius 1 is 1.25 bits per heavy atom. The van der Waals surface area contributed by atoms with Gasteiger partial charge < -0.3 is 19.8 Å². The molecular weight excluding hydrogens is 230 g/mol. The Labute approximate surface area is 117 Å². The molecular formula is C6H8Li2O7S. The van der Waals surface area contributed by atoms with Crippen LogP contribution >= 0.6 is 0 Å². The van der Waals surface area contributed by atoms with E-state index in [1.54, 1.807) is 0 Å². The Kier molecular flexibility index (Phi) is 9.85. The SMILES string of the molecule is CCC(CC(=O)[O-])(C(=O)[O-])S(=O)(=O)O.[Li+].[Li+]. The second-order valence-electron chi connectivity index (χ2n) is 2.66.